The smallest absolute Gasteiger partial charge is 0.0708 e. The lowest BCUT2D eigenvalue weighted by Crippen LogP contribution is -2.17. The highest BCUT2D eigenvalue weighted by molar-refractivity contribution is 7.25. The number of nitrogens with zero attached hydrogens (tertiary/aromatic N) is 3. The van der Waals surface area contributed by atoms with Gasteiger partial charge < -0.3 is 14.4 Å². The third-order valence-corrected chi connectivity index (χ3v) is 13.0. The summed E-state index contributed by atoms with van der Waals surface area (Å²) in [7, 11) is 0. The van der Waals surface area contributed by atoms with E-state index in [1.165, 1.54) is 58.0 Å². The second-order valence-electron chi connectivity index (χ2n) is 15.4. The number of anilines is 6. The fraction of sp³-hybridized carbons (Fsp3) is 0. The molecule has 2 heterocycles. The summed E-state index contributed by atoms with van der Waals surface area (Å²) >= 11 is 1.87. The van der Waals surface area contributed by atoms with Crippen LogP contribution in [-0.2, 0) is 0 Å². The van der Waals surface area contributed by atoms with Crippen molar-refractivity contribution in [2.24, 2.45) is 0 Å². The Morgan fingerprint density at radius 2 is 0.783 bits per heavy atom. The lowest BCUT2D eigenvalue weighted by molar-refractivity contribution is 1.18. The lowest BCUT2D eigenvalue weighted by Gasteiger charge is -2.33. The molecule has 0 saturated heterocycles. The maximum absolute atomic E-state index is 2.45. The monoisotopic (exact) mass is 783 g/mol. The van der Waals surface area contributed by atoms with Gasteiger partial charge in [0.1, 0.15) is 0 Å². The summed E-state index contributed by atoms with van der Waals surface area (Å²) in [6.45, 7) is 0. The van der Waals surface area contributed by atoms with Gasteiger partial charge >= 0.3 is 0 Å². The molecule has 12 rings (SSSR count). The molecule has 0 radical (unpaired) electrons. The molecular formula is C56H37N3S. The van der Waals surface area contributed by atoms with Crippen molar-refractivity contribution in [2.75, 3.05) is 9.80 Å². The molecule has 10 aromatic carbocycles. The number of rotatable bonds is 7. The lowest BCUT2D eigenvalue weighted by atomic mass is 10.0. The molecule has 0 saturated carbocycles. The van der Waals surface area contributed by atoms with Crippen LogP contribution in [0.25, 0.3) is 69.2 Å². The van der Waals surface area contributed by atoms with Crippen molar-refractivity contribution in [3.05, 3.63) is 224 Å². The second kappa shape index (κ2) is 14.0. The van der Waals surface area contributed by atoms with E-state index in [4.69, 9.17) is 0 Å². The number of hydrogen-bond acceptors (Lipinski definition) is 3. The van der Waals surface area contributed by atoms with Crippen molar-refractivity contribution in [3.63, 3.8) is 0 Å². The number of benzene rings is 10. The first-order valence-corrected chi connectivity index (χ1v) is 21.2. The predicted molar refractivity (Wildman–Crippen MR) is 258 cm³/mol. The minimum Gasteiger partial charge on any atom is -0.309 e. The van der Waals surface area contributed by atoms with Gasteiger partial charge in [0.05, 0.1) is 22.4 Å². The molecule has 2 aromatic heterocycles. The SMILES string of the molecule is c1ccc(N(c2ccc3sc4cc5ccccc5cc4c3c2)c2cc3ccccc3cc2N(c2ccccc2)c2ccc3c4ccccc4n(-c4ccccc4)c3c2)cc1. The first kappa shape index (κ1) is 34.4. The normalized spacial score (nSPS) is 11.7. The number of aromatic nitrogens is 1. The average molecular weight is 784 g/mol. The summed E-state index contributed by atoms with van der Waals surface area (Å²) in [6.07, 6.45) is 0. The first-order valence-electron chi connectivity index (χ1n) is 20.4. The highest BCUT2D eigenvalue weighted by atomic mass is 32.1. The summed E-state index contributed by atoms with van der Waals surface area (Å²) in [6, 6.07) is 81.9. The largest absolute Gasteiger partial charge is 0.309 e. The van der Waals surface area contributed by atoms with Crippen LogP contribution >= 0.6 is 11.3 Å². The van der Waals surface area contributed by atoms with E-state index in [0.717, 1.165) is 45.3 Å². The molecule has 60 heavy (non-hydrogen) atoms. The molecule has 12 aromatic rings. The fourth-order valence-electron chi connectivity index (χ4n) is 9.13. The predicted octanol–water partition coefficient (Wildman–Crippen LogP) is 16.4. The van der Waals surface area contributed by atoms with Crippen LogP contribution in [0, 0.1) is 0 Å². The molecule has 0 atom stereocenters. The van der Waals surface area contributed by atoms with Gasteiger partial charge in [-0.2, -0.15) is 0 Å². The topological polar surface area (TPSA) is 11.4 Å². The standard InChI is InChI=1S/C56H37N3S/c1-4-20-42(21-5-1)57(45-29-31-55-50(36-45)49-32-38-16-10-13-19-41(38)35-56(49)60-55)53-33-39-17-11-12-18-40(39)34-54(53)58(43-22-6-2-7-23-43)46-28-30-48-47-26-14-15-27-51(47)59(52(48)37-46)44-24-8-3-9-25-44/h1-37H. The van der Waals surface area contributed by atoms with E-state index < -0.39 is 0 Å². The van der Waals surface area contributed by atoms with Crippen LogP contribution in [0.2, 0.25) is 0 Å². The molecule has 282 valence electrons. The van der Waals surface area contributed by atoms with Gasteiger partial charge in [0.15, 0.2) is 0 Å². The number of fused-ring (bicyclic) bond motifs is 8. The van der Waals surface area contributed by atoms with E-state index >= 15 is 0 Å². The Morgan fingerprint density at radius 1 is 0.300 bits per heavy atom. The van der Waals surface area contributed by atoms with Gasteiger partial charge in [-0.05, 0) is 119 Å². The fourth-order valence-corrected chi connectivity index (χ4v) is 10.2. The van der Waals surface area contributed by atoms with Crippen molar-refractivity contribution in [3.8, 4) is 5.69 Å². The van der Waals surface area contributed by atoms with Gasteiger partial charge in [-0.15, -0.1) is 11.3 Å². The van der Waals surface area contributed by atoms with Gasteiger partial charge in [0, 0.05) is 59.4 Å². The number of thiophene rings is 1. The summed E-state index contributed by atoms with van der Waals surface area (Å²) in [5, 5.41) is 9.89. The zero-order valence-electron chi connectivity index (χ0n) is 32.6. The Bertz CT molecular complexity index is 3550. The summed E-state index contributed by atoms with van der Waals surface area (Å²) in [5.74, 6) is 0. The van der Waals surface area contributed by atoms with E-state index in [-0.39, 0.29) is 0 Å². The molecule has 0 amide bonds. The Labute approximate surface area is 351 Å². The third-order valence-electron chi connectivity index (χ3n) is 11.9. The molecule has 4 heteroatoms. The van der Waals surface area contributed by atoms with E-state index in [1.807, 2.05) is 11.3 Å². The van der Waals surface area contributed by atoms with Crippen molar-refractivity contribution in [1.82, 2.24) is 4.57 Å². The molecule has 0 unspecified atom stereocenters. The second-order valence-corrected chi connectivity index (χ2v) is 16.5. The van der Waals surface area contributed by atoms with Gasteiger partial charge in [-0.25, -0.2) is 0 Å². The zero-order valence-corrected chi connectivity index (χ0v) is 33.4. The van der Waals surface area contributed by atoms with Gasteiger partial charge in [-0.1, -0.05) is 127 Å². The summed E-state index contributed by atoms with van der Waals surface area (Å²) in [5.41, 5.74) is 9.98. The molecule has 0 bridgehead atoms. The van der Waals surface area contributed by atoms with E-state index in [9.17, 15) is 0 Å². The maximum Gasteiger partial charge on any atom is 0.0708 e. The van der Waals surface area contributed by atoms with Gasteiger partial charge in [0.2, 0.25) is 0 Å². The summed E-state index contributed by atoms with van der Waals surface area (Å²) < 4.78 is 4.99. The van der Waals surface area contributed by atoms with Crippen LogP contribution in [-0.4, -0.2) is 4.57 Å². The Kier molecular flexibility index (Phi) is 8.03. The van der Waals surface area contributed by atoms with Crippen LogP contribution in [0.15, 0.2) is 224 Å². The Morgan fingerprint density at radius 3 is 1.43 bits per heavy atom. The van der Waals surface area contributed by atoms with Crippen molar-refractivity contribution < 1.29 is 0 Å². The number of para-hydroxylation sites is 4. The molecule has 0 spiro atoms. The highest BCUT2D eigenvalue weighted by Gasteiger charge is 2.25. The van der Waals surface area contributed by atoms with E-state index in [2.05, 4.69) is 239 Å². The molecule has 0 aliphatic carbocycles. The first-order chi connectivity index (χ1) is 29.7. The van der Waals surface area contributed by atoms with Crippen LogP contribution in [0.1, 0.15) is 0 Å². The van der Waals surface area contributed by atoms with Crippen LogP contribution < -0.4 is 9.80 Å². The molecule has 0 aliphatic rings. The Hall–Kier alpha value is -7.66. The Balaban J connectivity index is 1.14. The zero-order chi connectivity index (χ0) is 39.6. The van der Waals surface area contributed by atoms with E-state index in [1.54, 1.807) is 0 Å². The molecule has 0 N–H and O–H groups in total. The quantitative estimate of drug-likeness (QED) is 0.159. The van der Waals surface area contributed by atoms with Crippen molar-refractivity contribution in [2.45, 2.75) is 0 Å². The van der Waals surface area contributed by atoms with Crippen LogP contribution in [0.5, 0.6) is 0 Å². The van der Waals surface area contributed by atoms with Crippen LogP contribution in [0.4, 0.5) is 34.1 Å². The van der Waals surface area contributed by atoms with Gasteiger partial charge in [0.25, 0.3) is 0 Å². The van der Waals surface area contributed by atoms with Gasteiger partial charge in [-0.3, -0.25) is 0 Å². The molecule has 0 fully saturated rings. The maximum atomic E-state index is 2.45. The van der Waals surface area contributed by atoms with Crippen molar-refractivity contribution in [1.29, 1.82) is 0 Å². The minimum atomic E-state index is 1.07. The third kappa shape index (κ3) is 5.65. The minimum absolute atomic E-state index is 1.07. The molecule has 0 aliphatic heterocycles. The summed E-state index contributed by atoms with van der Waals surface area (Å²) in [4.78, 5) is 4.88. The number of hydrogen-bond donors (Lipinski definition) is 0. The van der Waals surface area contributed by atoms with Crippen molar-refractivity contribution >= 4 is 109 Å². The highest BCUT2D eigenvalue weighted by Crippen LogP contribution is 2.49. The molecular weight excluding hydrogens is 747 g/mol. The van der Waals surface area contributed by atoms with Crippen LogP contribution in [0.3, 0.4) is 0 Å². The average Bonchev–Trinajstić information content (AvgIpc) is 3.84. The van der Waals surface area contributed by atoms with E-state index in [0.29, 0.717) is 0 Å². The molecule has 3 nitrogen and oxygen atoms in total.